The Bertz CT molecular complexity index is 680. The number of hydrogen-bond donors (Lipinski definition) is 7. The number of rotatable bonds is 3. The van der Waals surface area contributed by atoms with Crippen molar-refractivity contribution in [3.05, 3.63) is 6.10 Å². The van der Waals surface area contributed by atoms with Gasteiger partial charge in [0.1, 0.15) is 0 Å². The maximum atomic E-state index is 12.2. The molecule has 2 saturated heterocycles. The zero-order chi connectivity index (χ0) is 20.1. The van der Waals surface area contributed by atoms with Crippen molar-refractivity contribution < 1.29 is 79.9 Å². The molecule has 2 heterocycles. The Morgan fingerprint density at radius 3 is 2.00 bits per heavy atom. The van der Waals surface area contributed by atoms with Crippen molar-refractivity contribution in [1.29, 1.82) is 0 Å². The molecule has 147 valence electrons. The number of esters is 3. The second kappa shape index (κ2) is 6.30. The fraction of sp³-hybridized carbons (Fsp3) is 0.583. The minimum absolute atomic E-state index is 1.25. The van der Waals surface area contributed by atoms with Crippen LogP contribution in [-0.4, -0.2) is 87.8 Å². The SMILES string of the molecule is O=C1CC2(O)CC(=O)O[C@@](O)(CO)[C@@](O)(OC2=O)[C@](O)([C-](O)[C](O)=[Fe+])O1. The summed E-state index contributed by atoms with van der Waals surface area (Å²) < 4.78 is 11.7. The summed E-state index contributed by atoms with van der Waals surface area (Å²) in [5, 5.41) is 70.0. The average Bonchev–Trinajstić information content (AvgIpc) is 2.50. The Morgan fingerprint density at radius 1 is 1.04 bits per heavy atom. The number of cyclic esters (lactones) is 2. The first-order valence-electron chi connectivity index (χ1n) is 6.69. The van der Waals surface area contributed by atoms with Gasteiger partial charge in [-0.1, -0.05) is 0 Å². The molecule has 2 bridgehead atoms. The third kappa shape index (κ3) is 2.85. The topological polar surface area (TPSA) is 221 Å². The van der Waals surface area contributed by atoms with Crippen molar-refractivity contribution in [1.82, 2.24) is 0 Å². The molecular formula is C12H13FeO13. The summed E-state index contributed by atoms with van der Waals surface area (Å²) in [6, 6.07) is 0. The number of aliphatic hydroxyl groups is 7. The molecule has 2 aliphatic rings. The predicted molar refractivity (Wildman–Crippen MR) is 66.5 cm³/mol. The molecule has 0 spiro atoms. The molecule has 0 aromatic heterocycles. The minimum atomic E-state index is -4.14. The first kappa shape index (κ1) is 20.8. The summed E-state index contributed by atoms with van der Waals surface area (Å²) in [4.78, 5) is 36.0. The number of hydrogen-bond acceptors (Lipinski definition) is 13. The predicted octanol–water partition coefficient (Wildman–Crippen LogP) is -4.83. The van der Waals surface area contributed by atoms with E-state index in [4.69, 9.17) is 0 Å². The van der Waals surface area contributed by atoms with Gasteiger partial charge >= 0.3 is 151 Å². The second-order valence-electron chi connectivity index (χ2n) is 5.58. The third-order valence-corrected chi connectivity index (χ3v) is 4.01. The van der Waals surface area contributed by atoms with E-state index in [2.05, 4.69) is 29.8 Å². The molecule has 0 aliphatic carbocycles. The van der Waals surface area contributed by atoms with Gasteiger partial charge in [-0.15, -0.1) is 0 Å². The average molecular weight is 421 g/mol. The van der Waals surface area contributed by atoms with Gasteiger partial charge in [-0.2, -0.15) is 0 Å². The quantitative estimate of drug-likeness (QED) is 0.0985. The Hall–Kier alpha value is -1.48. The summed E-state index contributed by atoms with van der Waals surface area (Å²) in [6.45, 7) is -1.76. The normalized spacial score (nSPS) is 40.7. The van der Waals surface area contributed by atoms with Crippen molar-refractivity contribution in [2.24, 2.45) is 0 Å². The summed E-state index contributed by atoms with van der Waals surface area (Å²) in [5.74, 6) is -17.0. The summed E-state index contributed by atoms with van der Waals surface area (Å²) in [6.07, 6.45) is -4.39. The molecule has 0 aromatic carbocycles. The van der Waals surface area contributed by atoms with Gasteiger partial charge in [0.25, 0.3) is 0 Å². The van der Waals surface area contributed by atoms with Gasteiger partial charge in [0.05, 0.1) is 0 Å². The van der Waals surface area contributed by atoms with Crippen molar-refractivity contribution in [3.8, 4) is 0 Å². The summed E-state index contributed by atoms with van der Waals surface area (Å²) in [7, 11) is 0. The van der Waals surface area contributed by atoms with Crippen molar-refractivity contribution >= 4 is 22.5 Å². The van der Waals surface area contributed by atoms with E-state index >= 15 is 0 Å². The number of ether oxygens (including phenoxy) is 3. The molecule has 0 amide bonds. The van der Waals surface area contributed by atoms with Crippen LogP contribution in [0, 0.1) is 6.10 Å². The molecule has 13 nitrogen and oxygen atoms in total. The van der Waals surface area contributed by atoms with E-state index < -0.39 is 71.0 Å². The Morgan fingerprint density at radius 2 is 1.54 bits per heavy atom. The second-order valence-corrected chi connectivity index (χ2v) is 6.10. The molecule has 2 rings (SSSR count). The van der Waals surface area contributed by atoms with E-state index in [1.165, 1.54) is 0 Å². The third-order valence-electron chi connectivity index (χ3n) is 3.75. The van der Waals surface area contributed by atoms with Crippen LogP contribution in [0.3, 0.4) is 0 Å². The van der Waals surface area contributed by atoms with Gasteiger partial charge in [-0.05, 0) is 0 Å². The Labute approximate surface area is 151 Å². The van der Waals surface area contributed by atoms with E-state index in [9.17, 15) is 50.1 Å². The van der Waals surface area contributed by atoms with Crippen LogP contribution in [-0.2, 0) is 44.2 Å². The molecule has 1 unspecified atom stereocenters. The van der Waals surface area contributed by atoms with Crippen LogP contribution in [0.4, 0.5) is 0 Å². The monoisotopic (exact) mass is 421 g/mol. The van der Waals surface area contributed by atoms with Crippen LogP contribution >= 0.6 is 0 Å². The van der Waals surface area contributed by atoms with Crippen LogP contribution in [0.1, 0.15) is 12.8 Å². The van der Waals surface area contributed by atoms with Crippen molar-refractivity contribution in [3.63, 3.8) is 0 Å². The van der Waals surface area contributed by atoms with Gasteiger partial charge in [0, 0.05) is 0 Å². The Kier molecular flexibility index (Phi) is 5.04. The van der Waals surface area contributed by atoms with E-state index in [0.717, 1.165) is 0 Å². The molecule has 0 aromatic rings. The van der Waals surface area contributed by atoms with Crippen LogP contribution < -0.4 is 0 Å². The van der Waals surface area contributed by atoms with Crippen LogP contribution in [0.25, 0.3) is 0 Å². The van der Waals surface area contributed by atoms with E-state index in [0.29, 0.717) is 0 Å². The van der Waals surface area contributed by atoms with Crippen LogP contribution in [0.15, 0.2) is 0 Å². The van der Waals surface area contributed by atoms with Gasteiger partial charge in [0.2, 0.25) is 0 Å². The molecule has 4 atom stereocenters. The first-order valence-corrected chi connectivity index (χ1v) is 7.24. The van der Waals surface area contributed by atoms with Crippen molar-refractivity contribution in [2.45, 2.75) is 35.8 Å². The van der Waals surface area contributed by atoms with Crippen LogP contribution in [0.2, 0.25) is 0 Å². The van der Waals surface area contributed by atoms with Gasteiger partial charge in [0.15, 0.2) is 0 Å². The number of carbonyl (C=O) groups excluding carboxylic acids is 3. The number of carbonyl (C=O) groups is 3. The fourth-order valence-corrected chi connectivity index (χ4v) is 2.56. The molecule has 0 saturated carbocycles. The molecule has 14 heteroatoms. The van der Waals surface area contributed by atoms with Gasteiger partial charge in [-0.3, -0.25) is 0 Å². The van der Waals surface area contributed by atoms with E-state index in [-0.39, 0.29) is 0 Å². The molecular weight excluding hydrogens is 408 g/mol. The summed E-state index contributed by atoms with van der Waals surface area (Å²) in [5.41, 5.74) is -2.92. The molecule has 26 heavy (non-hydrogen) atoms. The standard InChI is InChI=1S/C12H13O13.Fe/c13-3-5(15)11(21)12(22)10(20,4-14)23-6(16)1-9(19,8(18)25-12)2-7(17)24-11;/h13-15,19-22H,1-2,4H2;/q-1;+1/t9?,10-,11-,12+;/m0./s1. The Balaban J connectivity index is 2.80. The zero-order valence-corrected chi connectivity index (χ0v) is 13.7. The number of aliphatic hydroxyl groups excluding tert-OH is 3. The fourth-order valence-electron chi connectivity index (χ4n) is 2.37. The zero-order valence-electron chi connectivity index (χ0n) is 12.6. The molecule has 2 aliphatic heterocycles. The van der Waals surface area contributed by atoms with Crippen LogP contribution in [0.5, 0.6) is 0 Å². The molecule has 2 fully saturated rings. The molecule has 7 N–H and O–H groups in total. The molecule has 0 radical (unpaired) electrons. The van der Waals surface area contributed by atoms with Gasteiger partial charge < -0.3 is 0 Å². The summed E-state index contributed by atoms with van der Waals surface area (Å²) >= 11 is 2.79. The van der Waals surface area contributed by atoms with Gasteiger partial charge in [-0.25, -0.2) is 0 Å². The number of fused-ring (bicyclic) bond motifs is 3. The maximum absolute atomic E-state index is 12.2. The van der Waals surface area contributed by atoms with E-state index in [1.807, 2.05) is 0 Å². The van der Waals surface area contributed by atoms with E-state index in [1.54, 1.807) is 0 Å². The first-order chi connectivity index (χ1) is 11.7. The van der Waals surface area contributed by atoms with Crippen molar-refractivity contribution in [2.75, 3.05) is 6.61 Å².